The predicted molar refractivity (Wildman–Crippen MR) is 125 cm³/mol. The molecule has 15 heteroatoms. The van der Waals surface area contributed by atoms with Gasteiger partial charge in [0.25, 0.3) is 0 Å². The van der Waals surface area contributed by atoms with Crippen molar-refractivity contribution >= 4 is 53.1 Å². The van der Waals surface area contributed by atoms with Crippen LogP contribution in [0.5, 0.6) is 0 Å². The van der Waals surface area contributed by atoms with Crippen LogP contribution in [-0.4, -0.2) is 71.3 Å². The number of nitrogens with zero attached hydrogens (tertiary/aromatic N) is 2. The zero-order chi connectivity index (χ0) is 27.3. The van der Waals surface area contributed by atoms with E-state index in [1.54, 1.807) is 12.1 Å². The summed E-state index contributed by atoms with van der Waals surface area (Å²) in [5.41, 5.74) is 0.469. The van der Waals surface area contributed by atoms with Gasteiger partial charge in [0.15, 0.2) is 24.5 Å². The summed E-state index contributed by atoms with van der Waals surface area (Å²) in [6.07, 6.45) is -6.41. The van der Waals surface area contributed by atoms with E-state index in [1.807, 2.05) is 0 Å². The number of benzene rings is 1. The highest BCUT2D eigenvalue weighted by Crippen LogP contribution is 2.32. The normalized spacial score (nSPS) is 23.0. The lowest BCUT2D eigenvalue weighted by atomic mass is 9.97. The SMILES string of the molecule is CC(=O)OC[C@H]1O[C@@H](Nc2nnc(-c3ccc(Cl)c(Cl)c3)o2)[C@H](OC(C)=O)[C@@H](OC(C)=O)[C@@H]1OC(C)=O. The van der Waals surface area contributed by atoms with Crippen molar-refractivity contribution in [1.29, 1.82) is 0 Å². The van der Waals surface area contributed by atoms with Crippen LogP contribution < -0.4 is 5.32 Å². The fraction of sp³-hybridized carbons (Fsp3) is 0.455. The Labute approximate surface area is 220 Å². The number of carbonyl (C=O) groups is 4. The molecule has 0 saturated carbocycles. The summed E-state index contributed by atoms with van der Waals surface area (Å²) in [6, 6.07) is 4.52. The Morgan fingerprint density at radius 3 is 2.08 bits per heavy atom. The molecule has 1 aliphatic rings. The molecule has 0 radical (unpaired) electrons. The fourth-order valence-electron chi connectivity index (χ4n) is 3.49. The van der Waals surface area contributed by atoms with Gasteiger partial charge >= 0.3 is 29.9 Å². The maximum Gasteiger partial charge on any atom is 0.317 e. The Balaban J connectivity index is 1.95. The zero-order valence-electron chi connectivity index (χ0n) is 20.1. The molecule has 13 nitrogen and oxygen atoms in total. The van der Waals surface area contributed by atoms with Crippen LogP contribution in [0.3, 0.4) is 0 Å². The molecule has 1 aromatic heterocycles. The molecule has 1 saturated heterocycles. The van der Waals surface area contributed by atoms with Crippen molar-refractivity contribution in [3.8, 4) is 11.5 Å². The molecule has 0 amide bonds. The van der Waals surface area contributed by atoms with E-state index in [0.717, 1.165) is 20.8 Å². The molecule has 37 heavy (non-hydrogen) atoms. The molecule has 1 N–H and O–H groups in total. The number of rotatable bonds is 8. The van der Waals surface area contributed by atoms with E-state index < -0.39 is 54.5 Å². The largest absolute Gasteiger partial charge is 0.463 e. The Kier molecular flexibility index (Phi) is 9.29. The van der Waals surface area contributed by atoms with Gasteiger partial charge in [-0.1, -0.05) is 28.3 Å². The molecule has 5 atom stereocenters. The van der Waals surface area contributed by atoms with Gasteiger partial charge in [0.05, 0.1) is 10.0 Å². The third-order valence-electron chi connectivity index (χ3n) is 4.85. The number of esters is 4. The van der Waals surface area contributed by atoms with Crippen molar-refractivity contribution in [2.75, 3.05) is 11.9 Å². The number of hydrogen-bond acceptors (Lipinski definition) is 13. The maximum atomic E-state index is 11.9. The van der Waals surface area contributed by atoms with Crippen LogP contribution >= 0.6 is 23.2 Å². The minimum atomic E-state index is -1.35. The fourth-order valence-corrected chi connectivity index (χ4v) is 3.79. The van der Waals surface area contributed by atoms with E-state index in [9.17, 15) is 19.2 Å². The second-order valence-electron chi connectivity index (χ2n) is 7.81. The first-order valence-corrected chi connectivity index (χ1v) is 11.6. The minimum absolute atomic E-state index is 0.0756. The smallest absolute Gasteiger partial charge is 0.317 e. The lowest BCUT2D eigenvalue weighted by Crippen LogP contribution is -2.64. The van der Waals surface area contributed by atoms with Crippen LogP contribution in [0, 0.1) is 0 Å². The number of carbonyl (C=O) groups excluding carboxylic acids is 4. The molecule has 0 spiro atoms. The summed E-state index contributed by atoms with van der Waals surface area (Å²) in [4.78, 5) is 47.1. The molecular formula is C22H23Cl2N3O10. The molecule has 2 aromatic rings. The zero-order valence-corrected chi connectivity index (χ0v) is 21.6. The van der Waals surface area contributed by atoms with Gasteiger partial charge in [-0.15, -0.1) is 5.10 Å². The van der Waals surface area contributed by atoms with Gasteiger partial charge in [0, 0.05) is 33.3 Å². The Bertz CT molecular complexity index is 1170. The molecule has 0 unspecified atom stereocenters. The van der Waals surface area contributed by atoms with Crippen LogP contribution in [0.25, 0.3) is 11.5 Å². The van der Waals surface area contributed by atoms with Crippen LogP contribution in [0.15, 0.2) is 22.6 Å². The standard InChI is InChI=1S/C22H23Cl2N3O10/c1-9(28)32-8-16-17(33-10(2)29)18(34-11(3)30)19(35-12(4)31)21(36-16)25-22-27-26-20(37-22)13-5-6-14(23)15(24)7-13/h5-7,16-19,21H,8H2,1-4H3,(H,25,27)/t16-,17-,18+,19-,21-/m1/s1. The van der Waals surface area contributed by atoms with Crippen molar-refractivity contribution in [3.63, 3.8) is 0 Å². The Morgan fingerprint density at radius 1 is 0.865 bits per heavy atom. The second-order valence-corrected chi connectivity index (χ2v) is 8.62. The summed E-state index contributed by atoms with van der Waals surface area (Å²) in [5.74, 6) is -2.81. The molecule has 0 aliphatic carbocycles. The quantitative estimate of drug-likeness (QED) is 0.370. The van der Waals surface area contributed by atoms with E-state index in [1.165, 1.54) is 13.0 Å². The van der Waals surface area contributed by atoms with Gasteiger partial charge in [-0.3, -0.25) is 19.2 Å². The first kappa shape index (κ1) is 28.2. The number of aromatic nitrogens is 2. The lowest BCUT2D eigenvalue weighted by Gasteiger charge is -2.44. The first-order valence-electron chi connectivity index (χ1n) is 10.8. The Hall–Kier alpha value is -3.42. The number of hydrogen-bond donors (Lipinski definition) is 1. The van der Waals surface area contributed by atoms with Crippen LogP contribution in [0.1, 0.15) is 27.7 Å². The van der Waals surface area contributed by atoms with E-state index >= 15 is 0 Å². The van der Waals surface area contributed by atoms with Crippen molar-refractivity contribution in [1.82, 2.24) is 10.2 Å². The molecule has 1 aromatic carbocycles. The number of ether oxygens (including phenoxy) is 5. The molecular weight excluding hydrogens is 537 g/mol. The molecule has 1 aliphatic heterocycles. The average molecular weight is 560 g/mol. The third kappa shape index (κ3) is 7.54. The van der Waals surface area contributed by atoms with E-state index in [-0.39, 0.29) is 23.5 Å². The summed E-state index contributed by atoms with van der Waals surface area (Å²) in [7, 11) is 0. The summed E-state index contributed by atoms with van der Waals surface area (Å²) < 4.78 is 32.7. The highest BCUT2D eigenvalue weighted by atomic mass is 35.5. The van der Waals surface area contributed by atoms with E-state index in [2.05, 4.69) is 15.5 Å². The average Bonchev–Trinajstić information content (AvgIpc) is 3.26. The van der Waals surface area contributed by atoms with Crippen LogP contribution in [-0.2, 0) is 42.9 Å². The van der Waals surface area contributed by atoms with Gasteiger partial charge in [0.1, 0.15) is 12.7 Å². The van der Waals surface area contributed by atoms with Gasteiger partial charge in [-0.2, -0.15) is 0 Å². The van der Waals surface area contributed by atoms with Gasteiger partial charge in [-0.25, -0.2) is 0 Å². The van der Waals surface area contributed by atoms with Crippen molar-refractivity contribution in [3.05, 3.63) is 28.2 Å². The summed E-state index contributed by atoms with van der Waals surface area (Å²) >= 11 is 12.0. The molecule has 3 rings (SSSR count). The van der Waals surface area contributed by atoms with E-state index in [4.69, 9.17) is 51.3 Å². The van der Waals surface area contributed by atoms with Crippen LogP contribution in [0.4, 0.5) is 6.01 Å². The highest BCUT2D eigenvalue weighted by Gasteiger charge is 2.52. The van der Waals surface area contributed by atoms with E-state index in [0.29, 0.717) is 10.6 Å². The number of halogens is 2. The molecule has 2 heterocycles. The third-order valence-corrected chi connectivity index (χ3v) is 5.59. The summed E-state index contributed by atoms with van der Waals surface area (Å²) in [5, 5.41) is 11.2. The Morgan fingerprint density at radius 2 is 1.49 bits per heavy atom. The molecule has 200 valence electrons. The molecule has 1 fully saturated rings. The molecule has 0 bridgehead atoms. The number of anilines is 1. The summed E-state index contributed by atoms with van der Waals surface area (Å²) in [6.45, 7) is 4.17. The van der Waals surface area contributed by atoms with Crippen LogP contribution in [0.2, 0.25) is 10.0 Å². The first-order chi connectivity index (χ1) is 17.4. The highest BCUT2D eigenvalue weighted by molar-refractivity contribution is 6.42. The predicted octanol–water partition coefficient (Wildman–Crippen LogP) is 2.54. The lowest BCUT2D eigenvalue weighted by molar-refractivity contribution is -0.247. The second kappa shape index (κ2) is 12.2. The van der Waals surface area contributed by atoms with Gasteiger partial charge in [-0.05, 0) is 18.2 Å². The van der Waals surface area contributed by atoms with Gasteiger partial charge in [0.2, 0.25) is 5.89 Å². The minimum Gasteiger partial charge on any atom is -0.463 e. The number of nitrogens with one attached hydrogen (secondary N) is 1. The van der Waals surface area contributed by atoms with Crippen molar-refractivity contribution < 1.29 is 47.3 Å². The van der Waals surface area contributed by atoms with Crippen molar-refractivity contribution in [2.24, 2.45) is 0 Å². The maximum absolute atomic E-state index is 11.9. The van der Waals surface area contributed by atoms with Crippen molar-refractivity contribution in [2.45, 2.75) is 58.3 Å². The monoisotopic (exact) mass is 559 g/mol. The topological polar surface area (TPSA) is 165 Å². The van der Waals surface area contributed by atoms with Gasteiger partial charge < -0.3 is 33.4 Å².